The largest absolute Gasteiger partial charge is 0.338 e. The molecule has 1 unspecified atom stereocenters. The first-order valence-electron chi connectivity index (χ1n) is 10.5. The lowest BCUT2D eigenvalue weighted by Crippen LogP contribution is -2.24. The molecule has 1 fully saturated rings. The number of para-hydroxylation sites is 2. The molecule has 4 heteroatoms. The van der Waals surface area contributed by atoms with Gasteiger partial charge in [-0.25, -0.2) is 4.98 Å². The number of aryl methyl sites for hydroxylation is 1. The number of rotatable bonds is 5. The second kappa shape index (κ2) is 7.79. The van der Waals surface area contributed by atoms with Crippen LogP contribution in [0.1, 0.15) is 34.9 Å². The highest BCUT2D eigenvalue weighted by Gasteiger charge is 2.34. The zero-order valence-corrected chi connectivity index (χ0v) is 17.2. The summed E-state index contributed by atoms with van der Waals surface area (Å²) in [6.45, 7) is 4.24. The molecule has 1 saturated heterocycles. The maximum Gasteiger partial charge on any atom is 0.223 e. The minimum absolute atomic E-state index is 0.110. The van der Waals surface area contributed by atoms with E-state index >= 15 is 0 Å². The molecule has 1 amide bonds. The SMILES string of the molecule is Cc1ccc(Cn2c(C3CC(=O)N(Cc4ccccc4)C3)nc3ccccc32)cc1. The number of carbonyl (C=O) groups excluding carboxylic acids is 1. The Hall–Kier alpha value is -3.40. The fourth-order valence-electron chi connectivity index (χ4n) is 4.35. The van der Waals surface area contributed by atoms with E-state index in [1.807, 2.05) is 29.2 Å². The zero-order chi connectivity index (χ0) is 20.5. The van der Waals surface area contributed by atoms with E-state index in [-0.39, 0.29) is 11.8 Å². The summed E-state index contributed by atoms with van der Waals surface area (Å²) in [5.74, 6) is 1.33. The van der Waals surface area contributed by atoms with Gasteiger partial charge in [-0.1, -0.05) is 72.3 Å². The second-order valence-electron chi connectivity index (χ2n) is 8.19. The summed E-state index contributed by atoms with van der Waals surface area (Å²) >= 11 is 0. The minimum atomic E-state index is 0.110. The summed E-state index contributed by atoms with van der Waals surface area (Å²) in [6, 6.07) is 27.1. The van der Waals surface area contributed by atoms with E-state index in [4.69, 9.17) is 4.98 Å². The third kappa shape index (κ3) is 3.61. The molecular weight excluding hydrogens is 370 g/mol. The van der Waals surface area contributed by atoms with Crippen LogP contribution in [0, 0.1) is 6.92 Å². The van der Waals surface area contributed by atoms with Crippen molar-refractivity contribution >= 4 is 16.9 Å². The van der Waals surface area contributed by atoms with Crippen molar-refractivity contribution < 1.29 is 4.79 Å². The van der Waals surface area contributed by atoms with Crippen LogP contribution in [0.3, 0.4) is 0 Å². The Morgan fingerprint density at radius 1 is 0.867 bits per heavy atom. The molecule has 1 atom stereocenters. The standard InChI is InChI=1S/C26H25N3O/c1-19-11-13-21(14-12-19)17-29-24-10-6-5-9-23(24)27-26(29)22-15-25(30)28(18-22)16-20-7-3-2-4-8-20/h2-14,22H,15-18H2,1H3. The first-order valence-corrected chi connectivity index (χ1v) is 10.5. The first-order chi connectivity index (χ1) is 14.7. The van der Waals surface area contributed by atoms with Crippen LogP contribution in [0.4, 0.5) is 0 Å². The van der Waals surface area contributed by atoms with Gasteiger partial charge in [-0.2, -0.15) is 0 Å². The van der Waals surface area contributed by atoms with Crippen molar-refractivity contribution in [1.29, 1.82) is 0 Å². The Kier molecular flexibility index (Phi) is 4.83. The molecule has 0 aliphatic carbocycles. The highest BCUT2D eigenvalue weighted by Crippen LogP contribution is 2.31. The van der Waals surface area contributed by atoms with Crippen molar-refractivity contribution in [2.24, 2.45) is 0 Å². The number of hydrogen-bond donors (Lipinski definition) is 0. The number of amides is 1. The van der Waals surface area contributed by atoms with E-state index in [0.717, 1.165) is 23.4 Å². The van der Waals surface area contributed by atoms with Crippen LogP contribution in [0.25, 0.3) is 11.0 Å². The summed E-state index contributed by atoms with van der Waals surface area (Å²) in [5.41, 5.74) is 5.79. The van der Waals surface area contributed by atoms with E-state index in [2.05, 4.69) is 66.1 Å². The van der Waals surface area contributed by atoms with Gasteiger partial charge in [0.25, 0.3) is 0 Å². The Labute approximate surface area is 176 Å². The van der Waals surface area contributed by atoms with Gasteiger partial charge in [0.2, 0.25) is 5.91 Å². The van der Waals surface area contributed by atoms with Crippen LogP contribution < -0.4 is 0 Å². The Balaban J connectivity index is 1.46. The molecule has 1 aliphatic heterocycles. The third-order valence-corrected chi connectivity index (χ3v) is 5.94. The van der Waals surface area contributed by atoms with Crippen LogP contribution in [0.2, 0.25) is 0 Å². The Morgan fingerprint density at radius 2 is 1.57 bits per heavy atom. The maximum atomic E-state index is 12.8. The lowest BCUT2D eigenvalue weighted by molar-refractivity contribution is -0.128. The lowest BCUT2D eigenvalue weighted by Gasteiger charge is -2.17. The topological polar surface area (TPSA) is 38.1 Å². The van der Waals surface area contributed by atoms with Crippen LogP contribution in [0.5, 0.6) is 0 Å². The smallest absolute Gasteiger partial charge is 0.223 e. The number of benzene rings is 3. The van der Waals surface area contributed by atoms with Gasteiger partial charge in [0.05, 0.1) is 11.0 Å². The van der Waals surface area contributed by atoms with Gasteiger partial charge >= 0.3 is 0 Å². The molecule has 0 bridgehead atoms. The van der Waals surface area contributed by atoms with Crippen LogP contribution in [0.15, 0.2) is 78.9 Å². The van der Waals surface area contributed by atoms with E-state index in [9.17, 15) is 4.79 Å². The molecule has 1 aromatic heterocycles. The predicted octanol–water partition coefficient (Wildman–Crippen LogP) is 4.91. The molecule has 0 saturated carbocycles. The van der Waals surface area contributed by atoms with Gasteiger partial charge in [-0.15, -0.1) is 0 Å². The number of carbonyl (C=O) groups is 1. The van der Waals surface area contributed by atoms with Crippen molar-refractivity contribution in [1.82, 2.24) is 14.5 Å². The normalized spacial score (nSPS) is 16.5. The van der Waals surface area contributed by atoms with Crippen molar-refractivity contribution in [3.05, 3.63) is 101 Å². The molecule has 4 aromatic rings. The second-order valence-corrected chi connectivity index (χ2v) is 8.19. The molecule has 0 radical (unpaired) electrons. The molecular formula is C26H25N3O. The van der Waals surface area contributed by atoms with Crippen molar-refractivity contribution in [3.8, 4) is 0 Å². The number of fused-ring (bicyclic) bond motifs is 1. The van der Waals surface area contributed by atoms with E-state index < -0.39 is 0 Å². The van der Waals surface area contributed by atoms with Gasteiger partial charge < -0.3 is 9.47 Å². The molecule has 150 valence electrons. The molecule has 0 N–H and O–H groups in total. The average molecular weight is 396 g/mol. The molecule has 2 heterocycles. The molecule has 30 heavy (non-hydrogen) atoms. The molecule has 5 rings (SSSR count). The Morgan fingerprint density at radius 3 is 2.37 bits per heavy atom. The number of likely N-dealkylation sites (tertiary alicyclic amines) is 1. The number of aromatic nitrogens is 2. The fourth-order valence-corrected chi connectivity index (χ4v) is 4.35. The quantitative estimate of drug-likeness (QED) is 0.482. The zero-order valence-electron chi connectivity index (χ0n) is 17.2. The summed E-state index contributed by atoms with van der Waals surface area (Å²) in [6.07, 6.45) is 0.518. The predicted molar refractivity (Wildman–Crippen MR) is 119 cm³/mol. The van der Waals surface area contributed by atoms with Gasteiger partial charge in [-0.3, -0.25) is 4.79 Å². The van der Waals surface area contributed by atoms with Gasteiger partial charge in [0.1, 0.15) is 5.82 Å². The number of nitrogens with zero attached hydrogens (tertiary/aromatic N) is 3. The summed E-state index contributed by atoms with van der Waals surface area (Å²) in [7, 11) is 0. The van der Waals surface area contributed by atoms with Crippen molar-refractivity contribution in [3.63, 3.8) is 0 Å². The van der Waals surface area contributed by atoms with Crippen LogP contribution in [-0.2, 0) is 17.9 Å². The summed E-state index contributed by atoms with van der Waals surface area (Å²) in [5, 5.41) is 0. The monoisotopic (exact) mass is 395 g/mol. The molecule has 3 aromatic carbocycles. The van der Waals surface area contributed by atoms with E-state index in [1.165, 1.54) is 16.7 Å². The van der Waals surface area contributed by atoms with Crippen molar-refractivity contribution in [2.45, 2.75) is 32.4 Å². The van der Waals surface area contributed by atoms with E-state index in [1.54, 1.807) is 0 Å². The van der Waals surface area contributed by atoms with Crippen LogP contribution >= 0.6 is 0 Å². The van der Waals surface area contributed by atoms with Crippen molar-refractivity contribution in [2.75, 3.05) is 6.54 Å². The minimum Gasteiger partial charge on any atom is -0.338 e. The van der Waals surface area contributed by atoms with E-state index in [0.29, 0.717) is 19.5 Å². The molecule has 0 spiro atoms. The number of hydrogen-bond acceptors (Lipinski definition) is 2. The molecule has 4 nitrogen and oxygen atoms in total. The maximum absolute atomic E-state index is 12.8. The Bertz CT molecular complexity index is 1180. The average Bonchev–Trinajstić information content (AvgIpc) is 3.31. The van der Waals surface area contributed by atoms with Gasteiger partial charge in [0, 0.05) is 32.0 Å². The summed E-state index contributed by atoms with van der Waals surface area (Å²) < 4.78 is 2.30. The van der Waals surface area contributed by atoms with Crippen LogP contribution in [-0.4, -0.2) is 26.9 Å². The van der Waals surface area contributed by atoms with Gasteiger partial charge in [0.15, 0.2) is 0 Å². The lowest BCUT2D eigenvalue weighted by atomic mass is 10.1. The first kappa shape index (κ1) is 18.6. The van der Waals surface area contributed by atoms with Gasteiger partial charge in [-0.05, 0) is 30.2 Å². The summed E-state index contributed by atoms with van der Waals surface area (Å²) in [4.78, 5) is 19.7. The fraction of sp³-hybridized carbons (Fsp3) is 0.231. The molecule has 1 aliphatic rings. The third-order valence-electron chi connectivity index (χ3n) is 5.94. The highest BCUT2D eigenvalue weighted by molar-refractivity contribution is 5.81. The number of imidazole rings is 1. The highest BCUT2D eigenvalue weighted by atomic mass is 16.2.